The summed E-state index contributed by atoms with van der Waals surface area (Å²) >= 11 is 0.971. The third-order valence-electron chi connectivity index (χ3n) is 3.93. The fourth-order valence-electron chi connectivity index (χ4n) is 2.27. The molecule has 0 aliphatic carbocycles. The minimum Gasteiger partial charge on any atom is -0.465 e. The first-order chi connectivity index (χ1) is 12.2. The summed E-state index contributed by atoms with van der Waals surface area (Å²) in [6, 6.07) is 6.81. The highest BCUT2D eigenvalue weighted by Gasteiger charge is 2.29. The maximum atomic E-state index is 12.7. The number of sulfonamides is 1. The number of hydrogen-bond donors (Lipinski definition) is 1. The van der Waals surface area contributed by atoms with Gasteiger partial charge >= 0.3 is 5.97 Å². The number of methoxy groups -OCH3 is 1. The number of esters is 1. The van der Waals surface area contributed by atoms with Gasteiger partial charge in [0.2, 0.25) is 15.9 Å². The Morgan fingerprint density at radius 3 is 2.58 bits per heavy atom. The Hall–Kier alpha value is -2.23. The Labute approximate surface area is 156 Å². The van der Waals surface area contributed by atoms with E-state index in [1.807, 2.05) is 26.0 Å². The van der Waals surface area contributed by atoms with Crippen LogP contribution >= 0.6 is 11.3 Å². The number of likely N-dealkylation sites (N-methyl/N-ethyl adjacent to an activating group) is 1. The van der Waals surface area contributed by atoms with Crippen molar-refractivity contribution in [3.8, 4) is 0 Å². The van der Waals surface area contributed by atoms with Crippen molar-refractivity contribution in [1.82, 2.24) is 4.31 Å². The first kappa shape index (κ1) is 20.1. The number of hydrogen-bond acceptors (Lipinski definition) is 6. The van der Waals surface area contributed by atoms with Crippen molar-refractivity contribution in [3.05, 3.63) is 45.6 Å². The standard InChI is InChI=1S/C17H20N2O5S2/c1-11-6-5-7-13(12(11)2)18-15(20)10-19(3)26(22,23)14-8-9-25-16(14)17(21)24-4/h5-9H,10H2,1-4H3,(H,18,20). The first-order valence-corrected chi connectivity index (χ1v) is 9.98. The summed E-state index contributed by atoms with van der Waals surface area (Å²) in [5.41, 5.74) is 2.56. The van der Waals surface area contributed by atoms with E-state index in [-0.39, 0.29) is 16.3 Å². The average molecular weight is 396 g/mol. The molecule has 0 radical (unpaired) electrons. The number of nitrogens with zero attached hydrogens (tertiary/aromatic N) is 1. The average Bonchev–Trinajstić information content (AvgIpc) is 3.08. The molecule has 1 amide bonds. The minimum absolute atomic E-state index is 0.0192. The number of aryl methyl sites for hydroxylation is 1. The number of benzene rings is 1. The SMILES string of the molecule is COC(=O)c1sccc1S(=O)(=O)N(C)CC(=O)Nc1cccc(C)c1C. The van der Waals surface area contributed by atoms with Crippen molar-refractivity contribution in [2.45, 2.75) is 18.7 Å². The fourth-order valence-corrected chi connectivity index (χ4v) is 4.70. The lowest BCUT2D eigenvalue weighted by atomic mass is 10.1. The van der Waals surface area contributed by atoms with Crippen LogP contribution in [0.1, 0.15) is 20.8 Å². The van der Waals surface area contributed by atoms with Crippen LogP contribution in [0.3, 0.4) is 0 Å². The lowest BCUT2D eigenvalue weighted by Crippen LogP contribution is -2.35. The number of ether oxygens (including phenoxy) is 1. The van der Waals surface area contributed by atoms with Crippen LogP contribution in [0.2, 0.25) is 0 Å². The number of amides is 1. The van der Waals surface area contributed by atoms with E-state index >= 15 is 0 Å². The summed E-state index contributed by atoms with van der Waals surface area (Å²) in [6.07, 6.45) is 0. The number of rotatable bonds is 6. The van der Waals surface area contributed by atoms with E-state index in [4.69, 9.17) is 0 Å². The molecule has 1 N–H and O–H groups in total. The van der Waals surface area contributed by atoms with E-state index in [9.17, 15) is 18.0 Å². The van der Waals surface area contributed by atoms with Crippen LogP contribution in [0.15, 0.2) is 34.5 Å². The second-order valence-electron chi connectivity index (χ2n) is 5.66. The number of carbonyl (C=O) groups is 2. The summed E-state index contributed by atoms with van der Waals surface area (Å²) in [7, 11) is -1.54. The molecular formula is C17H20N2O5S2. The zero-order valence-corrected chi connectivity index (χ0v) is 16.5. The Morgan fingerprint density at radius 1 is 1.23 bits per heavy atom. The highest BCUT2D eigenvalue weighted by Crippen LogP contribution is 2.25. The van der Waals surface area contributed by atoms with E-state index in [0.29, 0.717) is 5.69 Å². The zero-order valence-electron chi connectivity index (χ0n) is 14.9. The first-order valence-electron chi connectivity index (χ1n) is 7.66. The number of thiophene rings is 1. The fraction of sp³-hybridized carbons (Fsp3) is 0.294. The van der Waals surface area contributed by atoms with Gasteiger partial charge < -0.3 is 10.1 Å². The Kier molecular flexibility index (Phi) is 6.17. The molecule has 1 heterocycles. The summed E-state index contributed by atoms with van der Waals surface area (Å²) in [5, 5.41) is 4.20. The maximum absolute atomic E-state index is 12.7. The van der Waals surface area contributed by atoms with Gasteiger partial charge in [-0.25, -0.2) is 13.2 Å². The van der Waals surface area contributed by atoms with Crippen LogP contribution in [0, 0.1) is 13.8 Å². The molecule has 140 valence electrons. The molecule has 0 saturated heterocycles. The summed E-state index contributed by atoms with van der Waals surface area (Å²) < 4.78 is 30.9. The molecule has 0 unspecified atom stereocenters. The molecule has 0 fully saturated rings. The van der Waals surface area contributed by atoms with E-state index in [1.165, 1.54) is 25.6 Å². The molecule has 0 bridgehead atoms. The lowest BCUT2D eigenvalue weighted by molar-refractivity contribution is -0.116. The van der Waals surface area contributed by atoms with E-state index in [1.54, 1.807) is 6.07 Å². The van der Waals surface area contributed by atoms with Gasteiger partial charge in [0, 0.05) is 12.7 Å². The number of carbonyl (C=O) groups excluding carboxylic acids is 2. The normalized spacial score (nSPS) is 11.4. The maximum Gasteiger partial charge on any atom is 0.349 e. The predicted molar refractivity (Wildman–Crippen MR) is 100 cm³/mol. The molecule has 26 heavy (non-hydrogen) atoms. The molecule has 7 nitrogen and oxygen atoms in total. The molecule has 1 aromatic heterocycles. The van der Waals surface area contributed by atoms with E-state index in [0.717, 1.165) is 26.8 Å². The molecular weight excluding hydrogens is 376 g/mol. The molecule has 0 saturated carbocycles. The number of anilines is 1. The van der Waals surface area contributed by atoms with E-state index in [2.05, 4.69) is 10.1 Å². The third kappa shape index (κ3) is 4.12. The highest BCUT2D eigenvalue weighted by molar-refractivity contribution is 7.89. The van der Waals surface area contributed by atoms with Crippen molar-refractivity contribution in [2.75, 3.05) is 26.0 Å². The Bertz CT molecular complexity index is 934. The largest absolute Gasteiger partial charge is 0.465 e. The second kappa shape index (κ2) is 7.98. The predicted octanol–water partition coefficient (Wildman–Crippen LogP) is 2.41. The van der Waals surface area contributed by atoms with Gasteiger partial charge in [0.25, 0.3) is 0 Å². The van der Waals surface area contributed by atoms with Crippen molar-refractivity contribution in [1.29, 1.82) is 0 Å². The van der Waals surface area contributed by atoms with Gasteiger partial charge in [-0.1, -0.05) is 12.1 Å². The van der Waals surface area contributed by atoms with Crippen LogP contribution in [0.25, 0.3) is 0 Å². The molecule has 0 atom stereocenters. The molecule has 0 spiro atoms. The minimum atomic E-state index is -4.00. The van der Waals surface area contributed by atoms with Gasteiger partial charge in [0.15, 0.2) is 0 Å². The summed E-state index contributed by atoms with van der Waals surface area (Å²) in [5.74, 6) is -1.20. The van der Waals surface area contributed by atoms with Crippen LogP contribution in [0.4, 0.5) is 5.69 Å². The van der Waals surface area contributed by atoms with Gasteiger partial charge in [0.1, 0.15) is 9.77 Å². The third-order valence-corrected chi connectivity index (χ3v) is 6.80. The number of nitrogens with one attached hydrogen (secondary N) is 1. The van der Waals surface area contributed by atoms with Gasteiger partial charge in [0.05, 0.1) is 13.7 Å². The molecule has 1 aromatic carbocycles. The van der Waals surface area contributed by atoms with Crippen LogP contribution in [-0.4, -0.2) is 45.3 Å². The monoisotopic (exact) mass is 396 g/mol. The summed E-state index contributed by atoms with van der Waals surface area (Å²) in [6.45, 7) is 3.41. The van der Waals surface area contributed by atoms with Crippen molar-refractivity contribution in [3.63, 3.8) is 0 Å². The molecule has 0 aliphatic heterocycles. The van der Waals surface area contributed by atoms with Crippen molar-refractivity contribution >= 4 is 38.9 Å². The second-order valence-corrected chi connectivity index (χ2v) is 8.59. The van der Waals surface area contributed by atoms with Crippen molar-refractivity contribution in [2.24, 2.45) is 0 Å². The van der Waals surface area contributed by atoms with Gasteiger partial charge in [-0.15, -0.1) is 11.3 Å². The molecule has 2 rings (SSSR count). The van der Waals surface area contributed by atoms with Gasteiger partial charge in [-0.3, -0.25) is 4.79 Å². The molecule has 9 heteroatoms. The Morgan fingerprint density at radius 2 is 1.92 bits per heavy atom. The van der Waals surface area contributed by atoms with E-state index < -0.39 is 21.9 Å². The molecule has 2 aromatic rings. The van der Waals surface area contributed by atoms with Gasteiger partial charge in [-0.05, 0) is 42.5 Å². The topological polar surface area (TPSA) is 92.8 Å². The Balaban J connectivity index is 2.17. The summed E-state index contributed by atoms with van der Waals surface area (Å²) in [4.78, 5) is 23.8. The van der Waals surface area contributed by atoms with Crippen LogP contribution in [0.5, 0.6) is 0 Å². The van der Waals surface area contributed by atoms with Crippen LogP contribution in [-0.2, 0) is 19.6 Å². The van der Waals surface area contributed by atoms with Crippen molar-refractivity contribution < 1.29 is 22.7 Å². The lowest BCUT2D eigenvalue weighted by Gasteiger charge is -2.17. The molecule has 0 aliphatic rings. The quantitative estimate of drug-likeness (QED) is 0.757. The van der Waals surface area contributed by atoms with Gasteiger partial charge in [-0.2, -0.15) is 4.31 Å². The smallest absolute Gasteiger partial charge is 0.349 e. The zero-order chi connectivity index (χ0) is 19.5. The van der Waals surface area contributed by atoms with Crippen LogP contribution < -0.4 is 5.32 Å². The highest BCUT2D eigenvalue weighted by atomic mass is 32.2.